The van der Waals surface area contributed by atoms with Gasteiger partial charge in [0.15, 0.2) is 5.69 Å². The van der Waals surface area contributed by atoms with Crippen molar-refractivity contribution in [2.45, 2.75) is 20.8 Å². The number of rotatable bonds is 5. The van der Waals surface area contributed by atoms with E-state index in [2.05, 4.69) is 44.9 Å². The Labute approximate surface area is 356 Å². The fourth-order valence-electron chi connectivity index (χ4n) is 5.16. The number of fused-ring (bicyclic) bond motifs is 3. The van der Waals surface area contributed by atoms with Crippen LogP contribution in [0.2, 0.25) is 5.02 Å². The average Bonchev–Trinajstić information content (AvgIpc) is 3.68. The van der Waals surface area contributed by atoms with Crippen molar-refractivity contribution in [3.8, 4) is 0 Å². The molecule has 0 saturated heterocycles. The highest BCUT2D eigenvalue weighted by Crippen LogP contribution is 2.17. The van der Waals surface area contributed by atoms with Crippen molar-refractivity contribution in [3.63, 3.8) is 0 Å². The number of aromatic nitrogens is 8. The highest BCUT2D eigenvalue weighted by molar-refractivity contribution is 6.33. The van der Waals surface area contributed by atoms with Crippen LogP contribution in [0.15, 0.2) is 96.0 Å². The summed E-state index contributed by atoms with van der Waals surface area (Å²) in [7, 11) is 0. The molecular formula is C40H39ClN16O5. The van der Waals surface area contributed by atoms with E-state index in [0.717, 1.165) is 17.1 Å². The van der Waals surface area contributed by atoms with E-state index in [-0.39, 0.29) is 22.5 Å². The summed E-state index contributed by atoms with van der Waals surface area (Å²) in [6, 6.07) is 15.6. The number of halogens is 1. The van der Waals surface area contributed by atoms with Crippen molar-refractivity contribution in [1.82, 2.24) is 39.9 Å². The molecule has 0 saturated carbocycles. The SMILES string of the molecule is Cc1cnc2cccc(C(N)=O)c2n1.Cc1nc2cccc(C(N)=O)c2nc1C.NC(=O)C1=CCN=C1N.NC(=O)c1cccc2nccnc12.NC(=O)c1nc(N)ncc1Cl. The number of nitrogen functional groups attached to an aromatic ring is 1. The van der Waals surface area contributed by atoms with Crippen molar-refractivity contribution in [3.05, 3.63) is 136 Å². The Morgan fingerprint density at radius 3 is 1.56 bits per heavy atom. The maximum absolute atomic E-state index is 11.2. The lowest BCUT2D eigenvalue weighted by molar-refractivity contribution is -0.114. The molecule has 5 heterocycles. The number of nitrogens with zero attached hydrogens (tertiary/aromatic N) is 9. The molecule has 316 valence electrons. The Morgan fingerprint density at radius 1 is 0.548 bits per heavy atom. The maximum atomic E-state index is 11.2. The second-order valence-electron chi connectivity index (χ2n) is 12.6. The van der Waals surface area contributed by atoms with E-state index < -0.39 is 29.5 Å². The summed E-state index contributed by atoms with van der Waals surface area (Å²) in [6.45, 7) is 6.05. The molecule has 8 rings (SSSR count). The molecule has 3 aromatic carbocycles. The van der Waals surface area contributed by atoms with Crippen molar-refractivity contribution in [2.75, 3.05) is 12.3 Å². The number of primary amides is 5. The van der Waals surface area contributed by atoms with Gasteiger partial charge < -0.3 is 40.1 Å². The summed E-state index contributed by atoms with van der Waals surface area (Å²) < 4.78 is 0. The van der Waals surface area contributed by atoms with E-state index in [1.165, 1.54) is 12.4 Å². The number of carbonyl (C=O) groups is 5. The maximum Gasteiger partial charge on any atom is 0.269 e. The molecule has 22 heteroatoms. The van der Waals surface area contributed by atoms with Gasteiger partial charge in [-0.2, -0.15) is 0 Å². The van der Waals surface area contributed by atoms with Gasteiger partial charge >= 0.3 is 0 Å². The first-order valence-electron chi connectivity index (χ1n) is 17.8. The van der Waals surface area contributed by atoms with Crippen LogP contribution in [0.4, 0.5) is 5.95 Å². The minimum absolute atomic E-state index is 0.0248. The van der Waals surface area contributed by atoms with E-state index in [1.807, 2.05) is 26.8 Å². The third-order valence-corrected chi connectivity index (χ3v) is 8.47. The van der Waals surface area contributed by atoms with Crippen LogP contribution in [0.25, 0.3) is 33.1 Å². The van der Waals surface area contributed by atoms with Gasteiger partial charge in [-0.05, 0) is 63.2 Å². The van der Waals surface area contributed by atoms with Gasteiger partial charge in [0.1, 0.15) is 22.4 Å². The predicted octanol–water partition coefficient (Wildman–Crippen LogP) is 1.69. The molecule has 21 nitrogen and oxygen atoms in total. The number of carbonyl (C=O) groups excluding carboxylic acids is 5. The molecule has 4 aromatic heterocycles. The zero-order valence-electron chi connectivity index (χ0n) is 33.3. The molecule has 5 amide bonds. The quantitative estimate of drug-likeness (QED) is 0.129. The molecule has 62 heavy (non-hydrogen) atoms. The van der Waals surface area contributed by atoms with E-state index in [1.54, 1.807) is 67.0 Å². The van der Waals surface area contributed by atoms with Gasteiger partial charge in [-0.15, -0.1) is 0 Å². The molecular weight excluding hydrogens is 820 g/mol. The van der Waals surface area contributed by atoms with Gasteiger partial charge in [0.25, 0.3) is 29.5 Å². The lowest BCUT2D eigenvalue weighted by atomic mass is 10.1. The van der Waals surface area contributed by atoms with Crippen LogP contribution in [-0.4, -0.2) is 81.8 Å². The van der Waals surface area contributed by atoms with Gasteiger partial charge in [0, 0.05) is 18.6 Å². The molecule has 0 unspecified atom stereocenters. The molecule has 0 atom stereocenters. The Bertz CT molecular complexity index is 2920. The van der Waals surface area contributed by atoms with Crippen LogP contribution in [0, 0.1) is 20.8 Å². The molecule has 0 radical (unpaired) electrons. The van der Waals surface area contributed by atoms with Crippen LogP contribution >= 0.6 is 11.6 Å². The Balaban J connectivity index is 0.000000172. The zero-order valence-corrected chi connectivity index (χ0v) is 34.0. The number of anilines is 1. The number of para-hydroxylation sites is 3. The number of amidine groups is 1. The Hall–Kier alpha value is -8.59. The summed E-state index contributed by atoms with van der Waals surface area (Å²) in [4.78, 5) is 90.2. The third-order valence-electron chi connectivity index (χ3n) is 8.19. The minimum atomic E-state index is -0.718. The molecule has 1 aliphatic rings. The molecule has 7 aromatic rings. The van der Waals surface area contributed by atoms with E-state index in [0.29, 0.717) is 61.9 Å². The number of aryl methyl sites for hydroxylation is 3. The fourth-order valence-corrected chi connectivity index (χ4v) is 5.35. The highest BCUT2D eigenvalue weighted by Gasteiger charge is 2.13. The van der Waals surface area contributed by atoms with Crippen molar-refractivity contribution < 1.29 is 24.0 Å². The monoisotopic (exact) mass is 858 g/mol. The van der Waals surface area contributed by atoms with Gasteiger partial charge in [-0.3, -0.25) is 43.9 Å². The lowest BCUT2D eigenvalue weighted by Crippen LogP contribution is -2.24. The lowest BCUT2D eigenvalue weighted by Gasteiger charge is -2.04. The number of hydrogen-bond donors (Lipinski definition) is 7. The third kappa shape index (κ3) is 12.0. The predicted molar refractivity (Wildman–Crippen MR) is 232 cm³/mol. The normalized spacial score (nSPS) is 11.2. The number of nitrogens with two attached hydrogens (primary N) is 7. The Morgan fingerprint density at radius 2 is 1.06 bits per heavy atom. The summed E-state index contributed by atoms with van der Waals surface area (Å²) in [5, 5.41) is 0.103. The molecule has 0 aliphatic carbocycles. The van der Waals surface area contributed by atoms with Crippen LogP contribution in [-0.2, 0) is 4.79 Å². The van der Waals surface area contributed by atoms with Gasteiger partial charge in [-0.25, -0.2) is 24.9 Å². The number of hydrogen-bond acceptors (Lipinski definition) is 16. The Kier molecular flexibility index (Phi) is 15.5. The van der Waals surface area contributed by atoms with Crippen LogP contribution in [0.3, 0.4) is 0 Å². The summed E-state index contributed by atoms with van der Waals surface area (Å²) in [6.07, 6.45) is 7.61. The first-order valence-corrected chi connectivity index (χ1v) is 18.2. The zero-order chi connectivity index (χ0) is 45.7. The van der Waals surface area contributed by atoms with Crippen LogP contribution in [0.1, 0.15) is 58.6 Å². The van der Waals surface area contributed by atoms with Crippen molar-refractivity contribution >= 4 is 86.0 Å². The molecule has 0 bridgehead atoms. The smallest absolute Gasteiger partial charge is 0.269 e. The van der Waals surface area contributed by atoms with Crippen LogP contribution < -0.4 is 40.1 Å². The molecule has 0 spiro atoms. The summed E-state index contributed by atoms with van der Waals surface area (Å²) in [5.41, 5.74) is 43.7. The van der Waals surface area contributed by atoms with Crippen molar-refractivity contribution in [2.24, 2.45) is 39.4 Å². The molecule has 0 fully saturated rings. The summed E-state index contributed by atoms with van der Waals surface area (Å²) in [5.74, 6) is -2.43. The van der Waals surface area contributed by atoms with Gasteiger partial charge in [-0.1, -0.05) is 29.8 Å². The standard InChI is InChI=1S/C11H11N3O.C10H9N3O.C9H7N3O.C5H5ClN4O.C5H7N3O/c1-6-7(2)14-10-8(11(12)15)4-3-5-9(10)13-6;1-6-5-12-8-4-2-3-7(10(11)14)9(8)13-6;10-9(13)6-2-1-3-7-8(6)12-5-4-11-7;6-2-1-9-5(8)10-3(2)4(7)11;6-4-3(5(7)9)1-2-8-4/h3-5H,1-2H3,(H2,12,15);2-5H,1H3,(H2,11,14);1-5H,(H2,10,13);1H,(H2,7,11)(H2,8,9,10);1H,2H2,(H2,6,8)(H2,7,9). The first kappa shape index (κ1) is 46.1. The second kappa shape index (κ2) is 20.9. The second-order valence-corrected chi connectivity index (χ2v) is 13.0. The van der Waals surface area contributed by atoms with E-state index in [9.17, 15) is 24.0 Å². The van der Waals surface area contributed by atoms with Crippen molar-refractivity contribution in [1.29, 1.82) is 0 Å². The largest absolute Gasteiger partial charge is 0.383 e. The minimum Gasteiger partial charge on any atom is -0.383 e. The number of amides is 5. The topological polar surface area (TPSA) is 383 Å². The van der Waals surface area contributed by atoms with Crippen LogP contribution in [0.5, 0.6) is 0 Å². The summed E-state index contributed by atoms with van der Waals surface area (Å²) >= 11 is 5.51. The van der Waals surface area contributed by atoms with E-state index >= 15 is 0 Å². The highest BCUT2D eigenvalue weighted by atomic mass is 35.5. The van der Waals surface area contributed by atoms with Gasteiger partial charge in [0.05, 0.1) is 73.7 Å². The first-order chi connectivity index (χ1) is 29.4. The fraction of sp³-hybridized carbons (Fsp3) is 0.100. The molecule has 1 aliphatic heterocycles. The van der Waals surface area contributed by atoms with E-state index in [4.69, 9.17) is 51.7 Å². The molecule has 14 N–H and O–H groups in total. The number of benzene rings is 3. The van der Waals surface area contributed by atoms with Gasteiger partial charge in [0.2, 0.25) is 5.95 Å². The number of aliphatic imine (C=N–C) groups is 1. The average molecular weight is 859 g/mol.